The van der Waals surface area contributed by atoms with Crippen LogP contribution in [-0.2, 0) is 0 Å². The molecule has 0 radical (unpaired) electrons. The van der Waals surface area contributed by atoms with Gasteiger partial charge in [0.15, 0.2) is 23.1 Å². The minimum atomic E-state index is -0.333. The van der Waals surface area contributed by atoms with Gasteiger partial charge in [-0.25, -0.2) is 9.97 Å². The van der Waals surface area contributed by atoms with Gasteiger partial charge in [-0.3, -0.25) is 4.57 Å². The smallest absolute Gasteiger partial charge is 0.241 e. The Bertz CT molecular complexity index is 1150. The number of nitrogens with zero attached hydrogens (tertiary/aromatic N) is 3. The average molecular weight is 352 g/mol. The number of hydrogen-bond donors (Lipinski definition) is 3. The molecule has 2 aromatic heterocycles. The fraction of sp³-hybridized carbons (Fsp3) is 0.111. The highest BCUT2D eigenvalue weighted by molar-refractivity contribution is 5.96. The summed E-state index contributed by atoms with van der Waals surface area (Å²) in [5, 5.41) is 21.9. The number of benzene rings is 2. The molecule has 0 aliphatic heterocycles. The van der Waals surface area contributed by atoms with Gasteiger partial charge in [-0.15, -0.1) is 0 Å². The van der Waals surface area contributed by atoms with Gasteiger partial charge >= 0.3 is 0 Å². The third kappa shape index (κ3) is 2.16. The van der Waals surface area contributed by atoms with E-state index < -0.39 is 0 Å². The van der Waals surface area contributed by atoms with Crippen molar-refractivity contribution < 1.29 is 19.7 Å². The van der Waals surface area contributed by atoms with Crippen molar-refractivity contribution in [2.75, 3.05) is 20.0 Å². The number of hydrogen-bond acceptors (Lipinski definition) is 7. The third-order valence-electron chi connectivity index (χ3n) is 4.27. The maximum Gasteiger partial charge on any atom is 0.241 e. The van der Waals surface area contributed by atoms with Crippen LogP contribution in [-0.4, -0.2) is 39.0 Å². The van der Waals surface area contributed by atoms with Crippen molar-refractivity contribution >= 4 is 27.5 Å². The molecule has 4 aromatic rings. The first-order chi connectivity index (χ1) is 12.5. The molecule has 0 saturated carbocycles. The van der Waals surface area contributed by atoms with Crippen LogP contribution in [0.1, 0.15) is 0 Å². The van der Waals surface area contributed by atoms with Gasteiger partial charge in [-0.05, 0) is 24.3 Å². The van der Waals surface area contributed by atoms with E-state index >= 15 is 0 Å². The Morgan fingerprint density at radius 1 is 0.962 bits per heavy atom. The maximum atomic E-state index is 10.5. The fourth-order valence-corrected chi connectivity index (χ4v) is 3.04. The first kappa shape index (κ1) is 15.8. The highest BCUT2D eigenvalue weighted by Crippen LogP contribution is 2.42. The highest BCUT2D eigenvalue weighted by Gasteiger charge is 2.21. The molecule has 0 amide bonds. The minimum Gasteiger partial charge on any atom is -0.503 e. The topological polar surface area (TPSA) is 116 Å². The van der Waals surface area contributed by atoms with Gasteiger partial charge in [-0.1, -0.05) is 0 Å². The van der Waals surface area contributed by atoms with Gasteiger partial charge in [0.2, 0.25) is 5.88 Å². The molecule has 2 heterocycles. The Hall–Kier alpha value is -3.68. The van der Waals surface area contributed by atoms with Crippen LogP contribution in [0.5, 0.6) is 23.1 Å². The van der Waals surface area contributed by atoms with Gasteiger partial charge < -0.3 is 25.4 Å². The van der Waals surface area contributed by atoms with E-state index in [1.807, 2.05) is 0 Å². The molecular weight excluding hydrogens is 336 g/mol. The lowest BCUT2D eigenvalue weighted by Gasteiger charge is -2.12. The van der Waals surface area contributed by atoms with Gasteiger partial charge in [-0.2, -0.15) is 0 Å². The maximum absolute atomic E-state index is 10.5. The summed E-state index contributed by atoms with van der Waals surface area (Å²) in [6, 6.07) is 8.43. The highest BCUT2D eigenvalue weighted by atomic mass is 16.5. The second-order valence-corrected chi connectivity index (χ2v) is 5.71. The van der Waals surface area contributed by atoms with Crippen LogP contribution in [0.25, 0.3) is 27.6 Å². The Labute approximate surface area is 148 Å². The summed E-state index contributed by atoms with van der Waals surface area (Å²) >= 11 is 0. The van der Waals surface area contributed by atoms with Crippen LogP contribution in [0.15, 0.2) is 36.7 Å². The molecular formula is C18H16N4O4. The largest absolute Gasteiger partial charge is 0.503 e. The van der Waals surface area contributed by atoms with Crippen LogP contribution in [0.3, 0.4) is 0 Å². The second-order valence-electron chi connectivity index (χ2n) is 5.71. The first-order valence-electron chi connectivity index (χ1n) is 7.74. The quantitative estimate of drug-likeness (QED) is 0.485. The van der Waals surface area contributed by atoms with Crippen molar-refractivity contribution in [1.82, 2.24) is 14.5 Å². The van der Waals surface area contributed by atoms with E-state index in [1.165, 1.54) is 18.0 Å². The summed E-state index contributed by atoms with van der Waals surface area (Å²) in [7, 11) is 3.07. The summed E-state index contributed by atoms with van der Waals surface area (Å²) in [6.45, 7) is 0. The van der Waals surface area contributed by atoms with E-state index in [0.717, 1.165) is 0 Å². The van der Waals surface area contributed by atoms with Crippen LogP contribution in [0.2, 0.25) is 0 Å². The van der Waals surface area contributed by atoms with E-state index in [0.29, 0.717) is 44.8 Å². The zero-order chi connectivity index (χ0) is 18.4. The molecule has 0 atom stereocenters. The predicted molar refractivity (Wildman–Crippen MR) is 97.2 cm³/mol. The van der Waals surface area contributed by atoms with Crippen LogP contribution in [0.4, 0.5) is 5.69 Å². The monoisotopic (exact) mass is 352 g/mol. The lowest BCUT2D eigenvalue weighted by Crippen LogP contribution is -2.00. The van der Waals surface area contributed by atoms with Crippen molar-refractivity contribution in [3.63, 3.8) is 0 Å². The molecule has 0 aliphatic rings. The van der Waals surface area contributed by atoms with Gasteiger partial charge in [0.25, 0.3) is 0 Å². The summed E-state index contributed by atoms with van der Waals surface area (Å²) < 4.78 is 12.1. The van der Waals surface area contributed by atoms with Crippen molar-refractivity contribution in [3.8, 4) is 28.9 Å². The Morgan fingerprint density at radius 3 is 2.42 bits per heavy atom. The zero-order valence-corrected chi connectivity index (χ0v) is 14.1. The number of nitrogen functional groups attached to an aromatic ring is 1. The molecule has 0 bridgehead atoms. The first-order valence-corrected chi connectivity index (χ1v) is 7.74. The lowest BCUT2D eigenvalue weighted by atomic mass is 10.2. The number of nitrogens with two attached hydrogens (primary N) is 1. The predicted octanol–water partition coefficient (Wildman–Crippen LogP) is 2.58. The lowest BCUT2D eigenvalue weighted by molar-refractivity contribution is 0.355. The number of methoxy groups -OCH3 is 2. The molecule has 0 unspecified atom stereocenters. The molecule has 0 fully saturated rings. The Morgan fingerprint density at radius 2 is 1.69 bits per heavy atom. The number of rotatable bonds is 3. The third-order valence-corrected chi connectivity index (χ3v) is 4.27. The van der Waals surface area contributed by atoms with Crippen molar-refractivity contribution in [3.05, 3.63) is 36.7 Å². The van der Waals surface area contributed by atoms with E-state index in [1.54, 1.807) is 37.4 Å². The van der Waals surface area contributed by atoms with E-state index in [2.05, 4.69) is 9.97 Å². The average Bonchev–Trinajstić information content (AvgIpc) is 2.90. The Balaban J connectivity index is 2.10. The van der Waals surface area contributed by atoms with Crippen LogP contribution in [0, 0.1) is 0 Å². The van der Waals surface area contributed by atoms with E-state index in [9.17, 15) is 10.2 Å². The molecule has 0 saturated heterocycles. The van der Waals surface area contributed by atoms with E-state index in [-0.39, 0.29) is 11.6 Å². The Kier molecular flexibility index (Phi) is 3.47. The molecule has 4 rings (SSSR count). The van der Waals surface area contributed by atoms with Crippen molar-refractivity contribution in [2.45, 2.75) is 0 Å². The summed E-state index contributed by atoms with van der Waals surface area (Å²) in [5.74, 6) is 0.825. The van der Waals surface area contributed by atoms with Gasteiger partial charge in [0, 0.05) is 22.5 Å². The summed E-state index contributed by atoms with van der Waals surface area (Å²) in [5.41, 5.74) is 7.43. The second kappa shape index (κ2) is 5.69. The number of aromatic nitrogens is 3. The molecule has 0 aliphatic carbocycles. The molecule has 2 aromatic carbocycles. The SMILES string of the molecule is COc1cc2ncnc(-n3c(O)c(O)c4cc(N)ccc43)c2cc1OC. The fourth-order valence-electron chi connectivity index (χ4n) is 3.04. The molecule has 132 valence electrons. The van der Waals surface area contributed by atoms with Gasteiger partial charge in [0.05, 0.1) is 25.3 Å². The van der Waals surface area contributed by atoms with Crippen molar-refractivity contribution in [1.29, 1.82) is 0 Å². The number of ether oxygens (including phenoxy) is 2. The molecule has 8 nitrogen and oxygen atoms in total. The molecule has 26 heavy (non-hydrogen) atoms. The molecule has 0 spiro atoms. The zero-order valence-electron chi connectivity index (χ0n) is 14.1. The molecule has 8 heteroatoms. The van der Waals surface area contributed by atoms with Crippen molar-refractivity contribution in [2.24, 2.45) is 0 Å². The van der Waals surface area contributed by atoms with Gasteiger partial charge in [0.1, 0.15) is 6.33 Å². The normalized spacial score (nSPS) is 11.2. The summed E-state index contributed by atoms with van der Waals surface area (Å²) in [4.78, 5) is 8.57. The number of fused-ring (bicyclic) bond motifs is 2. The number of anilines is 1. The number of aromatic hydroxyl groups is 2. The summed E-state index contributed by atoms with van der Waals surface area (Å²) in [6.07, 6.45) is 1.38. The minimum absolute atomic E-state index is 0.264. The van der Waals surface area contributed by atoms with Crippen LogP contribution < -0.4 is 15.2 Å². The molecule has 4 N–H and O–H groups in total. The standard InChI is InChI=1S/C18H16N4O4/c1-25-14-6-10-12(7-15(14)26-2)20-8-21-17(10)22-13-4-3-9(19)5-11(13)16(23)18(22)24/h3-8,23-24H,19H2,1-2H3. The van der Waals surface area contributed by atoms with E-state index in [4.69, 9.17) is 15.2 Å². The van der Waals surface area contributed by atoms with Crippen LogP contribution >= 0.6 is 0 Å².